The third kappa shape index (κ3) is 2.98. The number of H-pyrrole nitrogens is 1. The van der Waals surface area contributed by atoms with Gasteiger partial charge in [-0.05, 0) is 13.3 Å². The Bertz CT molecular complexity index is 347. The number of methoxy groups -OCH3 is 1. The van der Waals surface area contributed by atoms with Crippen LogP contribution in [0, 0.1) is 6.92 Å². The molecule has 0 spiro atoms. The van der Waals surface area contributed by atoms with E-state index in [9.17, 15) is 4.79 Å². The third-order valence-corrected chi connectivity index (χ3v) is 2.41. The molecule has 1 aromatic rings. The lowest BCUT2D eigenvalue weighted by atomic mass is 10.2. The zero-order chi connectivity index (χ0) is 12.0. The van der Waals surface area contributed by atoms with Crippen LogP contribution >= 0.6 is 0 Å². The van der Waals surface area contributed by atoms with Crippen LogP contribution < -0.4 is 5.32 Å². The van der Waals surface area contributed by atoms with Gasteiger partial charge in [0.15, 0.2) is 5.82 Å². The molecule has 5 heteroatoms. The van der Waals surface area contributed by atoms with Gasteiger partial charge >= 0.3 is 5.97 Å². The normalized spacial score (nSPS) is 10.2. The number of ether oxygens (including phenoxy) is 1. The van der Waals surface area contributed by atoms with Crippen LogP contribution in [0.2, 0.25) is 0 Å². The summed E-state index contributed by atoms with van der Waals surface area (Å²) in [5.41, 5.74) is 1.23. The molecule has 1 aromatic heterocycles. The van der Waals surface area contributed by atoms with Crippen LogP contribution in [0.3, 0.4) is 0 Å². The van der Waals surface area contributed by atoms with Crippen molar-refractivity contribution in [1.29, 1.82) is 0 Å². The van der Waals surface area contributed by atoms with E-state index in [1.807, 2.05) is 0 Å². The summed E-state index contributed by atoms with van der Waals surface area (Å²) < 4.78 is 4.70. The Kier molecular flexibility index (Phi) is 4.82. The van der Waals surface area contributed by atoms with Crippen molar-refractivity contribution in [3.8, 4) is 0 Å². The van der Waals surface area contributed by atoms with Gasteiger partial charge < -0.3 is 10.1 Å². The summed E-state index contributed by atoms with van der Waals surface area (Å²) in [5, 5.41) is 9.97. The van der Waals surface area contributed by atoms with Crippen LogP contribution in [-0.2, 0) is 4.74 Å². The maximum Gasteiger partial charge on any atom is 0.343 e. The third-order valence-electron chi connectivity index (χ3n) is 2.41. The van der Waals surface area contributed by atoms with Gasteiger partial charge in [-0.15, -0.1) is 0 Å². The predicted octanol–water partition coefficient (Wildman–Crippen LogP) is 2.11. The number of anilines is 1. The number of unbranched alkanes of at least 4 members (excludes halogenated alkanes) is 2. The van der Waals surface area contributed by atoms with Crippen LogP contribution in [-0.4, -0.2) is 29.8 Å². The fraction of sp³-hybridized carbons (Fsp3) is 0.636. The number of aromatic amines is 1. The number of aryl methyl sites for hydroxylation is 1. The van der Waals surface area contributed by atoms with Gasteiger partial charge in [-0.25, -0.2) is 4.79 Å². The molecule has 1 rings (SSSR count). The second kappa shape index (κ2) is 6.15. The molecule has 0 atom stereocenters. The van der Waals surface area contributed by atoms with E-state index in [1.54, 1.807) is 6.92 Å². The maximum absolute atomic E-state index is 11.5. The van der Waals surface area contributed by atoms with Crippen LogP contribution in [0.25, 0.3) is 0 Å². The number of carbonyl (C=O) groups excluding carboxylic acids is 1. The first-order chi connectivity index (χ1) is 7.70. The molecule has 0 fully saturated rings. The number of carbonyl (C=O) groups is 1. The summed E-state index contributed by atoms with van der Waals surface area (Å²) >= 11 is 0. The monoisotopic (exact) mass is 225 g/mol. The second-order valence-electron chi connectivity index (χ2n) is 3.70. The van der Waals surface area contributed by atoms with Crippen LogP contribution in [0.1, 0.15) is 42.2 Å². The highest BCUT2D eigenvalue weighted by Gasteiger charge is 2.17. The Labute approximate surface area is 95.6 Å². The summed E-state index contributed by atoms with van der Waals surface area (Å²) in [5.74, 6) is 0.227. The van der Waals surface area contributed by atoms with Crippen LogP contribution in [0.5, 0.6) is 0 Å². The fourth-order valence-electron chi connectivity index (χ4n) is 1.49. The molecule has 2 N–H and O–H groups in total. The molecule has 0 aromatic carbocycles. The van der Waals surface area contributed by atoms with Gasteiger partial charge in [0.2, 0.25) is 0 Å². The fourth-order valence-corrected chi connectivity index (χ4v) is 1.49. The average Bonchev–Trinajstić information content (AvgIpc) is 2.65. The van der Waals surface area contributed by atoms with E-state index in [0.29, 0.717) is 11.4 Å². The van der Waals surface area contributed by atoms with Crippen molar-refractivity contribution in [1.82, 2.24) is 10.2 Å². The highest BCUT2D eigenvalue weighted by Crippen LogP contribution is 2.16. The van der Waals surface area contributed by atoms with Crippen molar-refractivity contribution in [2.75, 3.05) is 19.0 Å². The van der Waals surface area contributed by atoms with E-state index < -0.39 is 0 Å². The SMILES string of the molecule is CCCCCNc1n[nH]c(C)c1C(=O)OC. The minimum atomic E-state index is -0.357. The predicted molar refractivity (Wildman–Crippen MR) is 62.7 cm³/mol. The molecule has 90 valence electrons. The highest BCUT2D eigenvalue weighted by molar-refractivity contribution is 5.95. The largest absolute Gasteiger partial charge is 0.465 e. The van der Waals surface area contributed by atoms with E-state index in [2.05, 4.69) is 22.4 Å². The first-order valence-electron chi connectivity index (χ1n) is 5.57. The standard InChI is InChI=1S/C11H19N3O2/c1-4-5-6-7-12-10-9(11(15)16-3)8(2)13-14-10/h4-7H2,1-3H3,(H2,12,13,14). The summed E-state index contributed by atoms with van der Waals surface area (Å²) in [6.07, 6.45) is 3.41. The maximum atomic E-state index is 11.5. The molecule has 1 heterocycles. The molecule has 0 saturated carbocycles. The van der Waals surface area contributed by atoms with E-state index in [0.717, 1.165) is 18.7 Å². The lowest BCUT2D eigenvalue weighted by Crippen LogP contribution is -2.09. The molecule has 0 radical (unpaired) electrons. The van der Waals surface area contributed by atoms with Crippen molar-refractivity contribution in [3.05, 3.63) is 11.3 Å². The van der Waals surface area contributed by atoms with Gasteiger partial charge in [-0.1, -0.05) is 19.8 Å². The van der Waals surface area contributed by atoms with E-state index in [-0.39, 0.29) is 5.97 Å². The van der Waals surface area contributed by atoms with Crippen molar-refractivity contribution in [2.45, 2.75) is 33.1 Å². The van der Waals surface area contributed by atoms with Crippen molar-refractivity contribution in [2.24, 2.45) is 0 Å². The smallest absolute Gasteiger partial charge is 0.343 e. The minimum Gasteiger partial charge on any atom is -0.465 e. The Hall–Kier alpha value is -1.52. The number of nitrogens with one attached hydrogen (secondary N) is 2. The van der Waals surface area contributed by atoms with E-state index in [1.165, 1.54) is 20.0 Å². The van der Waals surface area contributed by atoms with Gasteiger partial charge in [0.05, 0.1) is 7.11 Å². The molecule has 16 heavy (non-hydrogen) atoms. The quantitative estimate of drug-likeness (QED) is 0.574. The molecular weight excluding hydrogens is 206 g/mol. The Morgan fingerprint density at radius 2 is 2.25 bits per heavy atom. The topological polar surface area (TPSA) is 67.0 Å². The Morgan fingerprint density at radius 3 is 2.88 bits per heavy atom. The molecule has 0 saturated heterocycles. The summed E-state index contributed by atoms with van der Waals surface area (Å²) in [4.78, 5) is 11.5. The zero-order valence-electron chi connectivity index (χ0n) is 10.1. The molecule has 0 aliphatic heterocycles. The molecule has 0 aliphatic rings. The van der Waals surface area contributed by atoms with Crippen LogP contribution in [0.4, 0.5) is 5.82 Å². The number of nitrogens with zero attached hydrogens (tertiary/aromatic N) is 1. The van der Waals surface area contributed by atoms with Crippen LogP contribution in [0.15, 0.2) is 0 Å². The molecule has 0 aliphatic carbocycles. The van der Waals surface area contributed by atoms with Gasteiger partial charge in [-0.3, -0.25) is 5.10 Å². The first kappa shape index (κ1) is 12.5. The zero-order valence-corrected chi connectivity index (χ0v) is 10.1. The number of hydrogen-bond donors (Lipinski definition) is 2. The summed E-state index contributed by atoms with van der Waals surface area (Å²) in [6.45, 7) is 4.77. The molecule has 0 unspecified atom stereocenters. The van der Waals surface area contributed by atoms with Gasteiger partial charge in [0, 0.05) is 12.2 Å². The Morgan fingerprint density at radius 1 is 1.50 bits per heavy atom. The lowest BCUT2D eigenvalue weighted by Gasteiger charge is -2.04. The number of hydrogen-bond acceptors (Lipinski definition) is 4. The molecular formula is C11H19N3O2. The van der Waals surface area contributed by atoms with Gasteiger partial charge in [0.1, 0.15) is 5.56 Å². The second-order valence-corrected chi connectivity index (χ2v) is 3.70. The van der Waals surface area contributed by atoms with Gasteiger partial charge in [0.25, 0.3) is 0 Å². The van der Waals surface area contributed by atoms with E-state index >= 15 is 0 Å². The summed E-state index contributed by atoms with van der Waals surface area (Å²) in [6, 6.07) is 0. The number of rotatable bonds is 6. The number of aromatic nitrogens is 2. The average molecular weight is 225 g/mol. The highest BCUT2D eigenvalue weighted by atomic mass is 16.5. The Balaban J connectivity index is 2.62. The molecule has 5 nitrogen and oxygen atoms in total. The number of esters is 1. The lowest BCUT2D eigenvalue weighted by molar-refractivity contribution is 0.0601. The minimum absolute atomic E-state index is 0.357. The van der Waals surface area contributed by atoms with Crippen molar-refractivity contribution < 1.29 is 9.53 Å². The van der Waals surface area contributed by atoms with Crippen molar-refractivity contribution in [3.63, 3.8) is 0 Å². The van der Waals surface area contributed by atoms with Crippen molar-refractivity contribution >= 4 is 11.8 Å². The molecule has 0 amide bonds. The molecule has 0 bridgehead atoms. The summed E-state index contributed by atoms with van der Waals surface area (Å²) in [7, 11) is 1.37. The van der Waals surface area contributed by atoms with Gasteiger partial charge in [-0.2, -0.15) is 5.10 Å². The first-order valence-corrected chi connectivity index (χ1v) is 5.57. The van der Waals surface area contributed by atoms with E-state index in [4.69, 9.17) is 4.74 Å².